The molecule has 1 unspecified atom stereocenters. The molecule has 0 fully saturated rings. The third kappa shape index (κ3) is 2.97. The van der Waals surface area contributed by atoms with Gasteiger partial charge in [0.1, 0.15) is 0 Å². The highest BCUT2D eigenvalue weighted by atomic mass is 16.3. The molecule has 0 aliphatic heterocycles. The quantitative estimate of drug-likeness (QED) is 0.847. The highest BCUT2D eigenvalue weighted by molar-refractivity contribution is 5.95. The fourth-order valence-corrected chi connectivity index (χ4v) is 1.68. The average Bonchev–Trinajstić information content (AvgIpc) is 2.79. The second-order valence-electron chi connectivity index (χ2n) is 4.30. The predicted octanol–water partition coefficient (Wildman–Crippen LogP) is 0.686. The van der Waals surface area contributed by atoms with Crippen molar-refractivity contribution in [3.05, 3.63) is 41.9 Å². The summed E-state index contributed by atoms with van der Waals surface area (Å²) in [6.07, 6.45) is 2.60. The SMILES string of the molecule is Cc1c(C(=O)NCC(C)O)cnn1-c1ccccn1. The van der Waals surface area contributed by atoms with E-state index < -0.39 is 6.10 Å². The first-order chi connectivity index (χ1) is 9.09. The lowest BCUT2D eigenvalue weighted by atomic mass is 10.2. The monoisotopic (exact) mass is 260 g/mol. The van der Waals surface area contributed by atoms with Crippen LogP contribution in [0.15, 0.2) is 30.6 Å². The minimum atomic E-state index is -0.574. The molecular formula is C13H16N4O2. The Morgan fingerprint density at radius 2 is 2.32 bits per heavy atom. The van der Waals surface area contributed by atoms with Crippen LogP contribution in [0.5, 0.6) is 0 Å². The van der Waals surface area contributed by atoms with E-state index in [9.17, 15) is 4.79 Å². The third-order valence-corrected chi connectivity index (χ3v) is 2.68. The van der Waals surface area contributed by atoms with Gasteiger partial charge in [0.15, 0.2) is 5.82 Å². The van der Waals surface area contributed by atoms with Crippen LogP contribution in [0.1, 0.15) is 23.0 Å². The van der Waals surface area contributed by atoms with Crippen molar-refractivity contribution in [2.45, 2.75) is 20.0 Å². The van der Waals surface area contributed by atoms with Crippen LogP contribution in [-0.4, -0.2) is 38.4 Å². The van der Waals surface area contributed by atoms with Gasteiger partial charge in [0, 0.05) is 12.7 Å². The van der Waals surface area contributed by atoms with E-state index in [1.165, 1.54) is 6.20 Å². The molecule has 0 aliphatic rings. The molecule has 2 rings (SSSR count). The van der Waals surface area contributed by atoms with Crippen LogP contribution in [-0.2, 0) is 0 Å². The molecular weight excluding hydrogens is 244 g/mol. The Morgan fingerprint density at radius 3 is 2.95 bits per heavy atom. The number of hydrogen-bond donors (Lipinski definition) is 2. The molecule has 100 valence electrons. The van der Waals surface area contributed by atoms with Gasteiger partial charge < -0.3 is 10.4 Å². The molecule has 2 aromatic rings. The van der Waals surface area contributed by atoms with Gasteiger partial charge in [-0.15, -0.1) is 0 Å². The maximum atomic E-state index is 11.9. The largest absolute Gasteiger partial charge is 0.392 e. The number of aromatic nitrogens is 3. The van der Waals surface area contributed by atoms with Gasteiger partial charge in [-0.3, -0.25) is 4.79 Å². The number of aliphatic hydroxyl groups is 1. The number of pyridine rings is 1. The minimum Gasteiger partial charge on any atom is -0.392 e. The van der Waals surface area contributed by atoms with Crippen molar-refractivity contribution in [3.63, 3.8) is 0 Å². The number of nitrogens with zero attached hydrogens (tertiary/aromatic N) is 3. The second kappa shape index (κ2) is 5.62. The zero-order valence-electron chi connectivity index (χ0n) is 10.9. The number of carbonyl (C=O) groups is 1. The van der Waals surface area contributed by atoms with Crippen LogP contribution in [0.3, 0.4) is 0 Å². The highest BCUT2D eigenvalue weighted by Gasteiger charge is 2.15. The molecule has 0 bridgehead atoms. The Labute approximate surface area is 111 Å². The fourth-order valence-electron chi connectivity index (χ4n) is 1.68. The van der Waals surface area contributed by atoms with Gasteiger partial charge in [-0.25, -0.2) is 9.67 Å². The summed E-state index contributed by atoms with van der Waals surface area (Å²) in [5.74, 6) is 0.412. The lowest BCUT2D eigenvalue weighted by Gasteiger charge is -2.07. The number of carbonyl (C=O) groups excluding carboxylic acids is 1. The summed E-state index contributed by atoms with van der Waals surface area (Å²) in [5.41, 5.74) is 1.19. The maximum Gasteiger partial charge on any atom is 0.254 e. The van der Waals surface area contributed by atoms with Gasteiger partial charge in [0.05, 0.1) is 23.6 Å². The van der Waals surface area contributed by atoms with E-state index in [-0.39, 0.29) is 12.5 Å². The van der Waals surface area contributed by atoms with Crippen molar-refractivity contribution in [2.24, 2.45) is 0 Å². The van der Waals surface area contributed by atoms with Crippen molar-refractivity contribution in [1.82, 2.24) is 20.1 Å². The summed E-state index contributed by atoms with van der Waals surface area (Å²) in [7, 11) is 0. The molecule has 0 saturated heterocycles. The number of nitrogens with one attached hydrogen (secondary N) is 1. The fraction of sp³-hybridized carbons (Fsp3) is 0.308. The normalized spacial score (nSPS) is 12.2. The standard InChI is InChI=1S/C13H16N4O2/c1-9(18)7-15-13(19)11-8-16-17(10(11)2)12-5-3-4-6-14-12/h3-6,8-9,18H,7H2,1-2H3,(H,15,19). The first kappa shape index (κ1) is 13.2. The first-order valence-electron chi connectivity index (χ1n) is 6.02. The molecule has 0 saturated carbocycles. The molecule has 2 heterocycles. The summed E-state index contributed by atoms with van der Waals surface area (Å²) in [4.78, 5) is 16.1. The van der Waals surface area contributed by atoms with Crippen molar-refractivity contribution < 1.29 is 9.90 Å². The minimum absolute atomic E-state index is 0.215. The zero-order valence-corrected chi connectivity index (χ0v) is 10.9. The summed E-state index contributed by atoms with van der Waals surface area (Å²) >= 11 is 0. The van der Waals surface area contributed by atoms with Crippen molar-refractivity contribution in [3.8, 4) is 5.82 Å². The third-order valence-electron chi connectivity index (χ3n) is 2.68. The molecule has 1 atom stereocenters. The Kier molecular flexibility index (Phi) is 3.91. The lowest BCUT2D eigenvalue weighted by Crippen LogP contribution is -2.30. The number of amides is 1. The summed E-state index contributed by atoms with van der Waals surface area (Å²) in [6, 6.07) is 5.49. The van der Waals surface area contributed by atoms with E-state index >= 15 is 0 Å². The topological polar surface area (TPSA) is 80.0 Å². The van der Waals surface area contributed by atoms with Crippen LogP contribution in [0.25, 0.3) is 5.82 Å². The molecule has 0 aromatic carbocycles. The van der Waals surface area contributed by atoms with Crippen molar-refractivity contribution in [1.29, 1.82) is 0 Å². The van der Waals surface area contributed by atoms with E-state index in [1.54, 1.807) is 24.7 Å². The highest BCUT2D eigenvalue weighted by Crippen LogP contribution is 2.11. The summed E-state index contributed by atoms with van der Waals surface area (Å²) < 4.78 is 1.61. The van der Waals surface area contributed by atoms with E-state index in [1.807, 2.05) is 18.2 Å². The van der Waals surface area contributed by atoms with Gasteiger partial charge in [-0.05, 0) is 26.0 Å². The van der Waals surface area contributed by atoms with E-state index in [0.717, 1.165) is 0 Å². The Balaban J connectivity index is 2.21. The van der Waals surface area contributed by atoms with Gasteiger partial charge >= 0.3 is 0 Å². The van der Waals surface area contributed by atoms with Gasteiger partial charge in [-0.2, -0.15) is 5.10 Å². The van der Waals surface area contributed by atoms with Crippen LogP contribution in [0.2, 0.25) is 0 Å². The van der Waals surface area contributed by atoms with E-state index in [4.69, 9.17) is 5.11 Å². The Morgan fingerprint density at radius 1 is 1.53 bits per heavy atom. The molecule has 1 amide bonds. The van der Waals surface area contributed by atoms with E-state index in [0.29, 0.717) is 17.1 Å². The molecule has 2 aromatic heterocycles. The van der Waals surface area contributed by atoms with Gasteiger partial charge in [0.25, 0.3) is 5.91 Å². The van der Waals surface area contributed by atoms with Crippen LogP contribution in [0, 0.1) is 6.92 Å². The second-order valence-corrected chi connectivity index (χ2v) is 4.30. The lowest BCUT2D eigenvalue weighted by molar-refractivity contribution is 0.0923. The number of aliphatic hydroxyl groups excluding tert-OH is 1. The molecule has 19 heavy (non-hydrogen) atoms. The van der Waals surface area contributed by atoms with Gasteiger partial charge in [-0.1, -0.05) is 6.07 Å². The number of rotatable bonds is 4. The Hall–Kier alpha value is -2.21. The van der Waals surface area contributed by atoms with Crippen LogP contribution >= 0.6 is 0 Å². The average molecular weight is 260 g/mol. The van der Waals surface area contributed by atoms with Crippen LogP contribution < -0.4 is 5.32 Å². The molecule has 6 nitrogen and oxygen atoms in total. The summed E-state index contributed by atoms with van der Waals surface area (Å²) in [5, 5.41) is 16.0. The maximum absolute atomic E-state index is 11.9. The first-order valence-corrected chi connectivity index (χ1v) is 6.02. The molecule has 6 heteroatoms. The predicted molar refractivity (Wildman–Crippen MR) is 70.1 cm³/mol. The number of hydrogen-bond acceptors (Lipinski definition) is 4. The smallest absolute Gasteiger partial charge is 0.254 e. The van der Waals surface area contributed by atoms with Gasteiger partial charge in [0.2, 0.25) is 0 Å². The zero-order chi connectivity index (χ0) is 13.8. The van der Waals surface area contributed by atoms with Crippen molar-refractivity contribution >= 4 is 5.91 Å². The molecule has 0 radical (unpaired) electrons. The molecule has 0 spiro atoms. The Bertz CT molecular complexity index is 563. The van der Waals surface area contributed by atoms with Crippen molar-refractivity contribution in [2.75, 3.05) is 6.54 Å². The van der Waals surface area contributed by atoms with E-state index in [2.05, 4.69) is 15.4 Å². The summed E-state index contributed by atoms with van der Waals surface area (Å²) in [6.45, 7) is 3.64. The van der Waals surface area contributed by atoms with Crippen LogP contribution in [0.4, 0.5) is 0 Å². The molecule has 0 aliphatic carbocycles. The molecule has 2 N–H and O–H groups in total.